The van der Waals surface area contributed by atoms with Crippen molar-refractivity contribution in [1.29, 1.82) is 0 Å². The van der Waals surface area contributed by atoms with Crippen molar-refractivity contribution in [3.05, 3.63) is 0 Å². The number of hydrogen-bond donors (Lipinski definition) is 2. The van der Waals surface area contributed by atoms with E-state index in [4.69, 9.17) is 4.74 Å². The number of amides is 1. The zero-order valence-electron chi connectivity index (χ0n) is 15.2. The van der Waals surface area contributed by atoms with Gasteiger partial charge in [0.05, 0.1) is 0 Å². The number of rotatable bonds is 5. The maximum Gasteiger partial charge on any atom is 0.410 e. The van der Waals surface area contributed by atoms with Crippen molar-refractivity contribution >= 4 is 36.0 Å². The fraction of sp³-hybridized carbons (Fsp3) is 0.867. The third kappa shape index (κ3) is 10.9. The van der Waals surface area contributed by atoms with Crippen LogP contribution in [0.1, 0.15) is 41.5 Å². The third-order valence-electron chi connectivity index (χ3n) is 3.03. The molecule has 0 aromatic heterocycles. The summed E-state index contributed by atoms with van der Waals surface area (Å²) in [6, 6.07) is 0.333. The molecule has 0 aliphatic rings. The van der Waals surface area contributed by atoms with Crippen molar-refractivity contribution in [1.82, 2.24) is 15.5 Å². The molecule has 0 aliphatic carbocycles. The Labute approximate surface area is 152 Å². The van der Waals surface area contributed by atoms with Crippen LogP contribution in [0, 0.1) is 5.92 Å². The van der Waals surface area contributed by atoms with Crippen LogP contribution in [-0.4, -0.2) is 55.8 Å². The number of carbonyl (C=O) groups excluding carboxylic acids is 1. The maximum absolute atomic E-state index is 11.8. The van der Waals surface area contributed by atoms with Gasteiger partial charge in [-0.05, 0) is 33.6 Å². The molecule has 0 saturated heterocycles. The highest BCUT2D eigenvalue weighted by Gasteiger charge is 2.19. The van der Waals surface area contributed by atoms with Gasteiger partial charge >= 0.3 is 6.09 Å². The van der Waals surface area contributed by atoms with Crippen LogP contribution < -0.4 is 10.6 Å². The van der Waals surface area contributed by atoms with Gasteiger partial charge < -0.3 is 20.3 Å². The minimum atomic E-state index is -0.469. The Kier molecular flexibility index (Phi) is 11.7. The molecule has 0 aliphatic heterocycles. The third-order valence-corrected chi connectivity index (χ3v) is 3.03. The molecule has 7 heteroatoms. The summed E-state index contributed by atoms with van der Waals surface area (Å²) in [6.45, 7) is 13.2. The van der Waals surface area contributed by atoms with Gasteiger partial charge in [-0.1, -0.05) is 13.8 Å². The molecule has 132 valence electrons. The lowest BCUT2D eigenvalue weighted by atomic mass is 10.1. The lowest BCUT2D eigenvalue weighted by Crippen LogP contribution is -2.46. The molecule has 1 amide bonds. The van der Waals surface area contributed by atoms with Crippen LogP contribution in [0.25, 0.3) is 0 Å². The second kappa shape index (κ2) is 10.9. The summed E-state index contributed by atoms with van der Waals surface area (Å²) in [4.78, 5) is 17.5. The minimum absolute atomic E-state index is 0. The summed E-state index contributed by atoms with van der Waals surface area (Å²) in [7, 11) is 3.46. The molecule has 0 aromatic carbocycles. The van der Waals surface area contributed by atoms with E-state index in [9.17, 15) is 4.79 Å². The van der Waals surface area contributed by atoms with Crippen molar-refractivity contribution in [2.45, 2.75) is 53.2 Å². The first-order valence-electron chi connectivity index (χ1n) is 7.48. The first kappa shape index (κ1) is 23.5. The van der Waals surface area contributed by atoms with E-state index in [0.717, 1.165) is 5.96 Å². The monoisotopic (exact) mass is 428 g/mol. The quantitative estimate of drug-likeness (QED) is 0.402. The van der Waals surface area contributed by atoms with E-state index in [-0.39, 0.29) is 30.1 Å². The summed E-state index contributed by atoms with van der Waals surface area (Å²) >= 11 is 0. The van der Waals surface area contributed by atoms with Crippen LogP contribution >= 0.6 is 24.0 Å². The normalized spacial score (nSPS) is 13.2. The molecule has 2 N–H and O–H groups in total. The Morgan fingerprint density at radius 3 is 2.23 bits per heavy atom. The van der Waals surface area contributed by atoms with Crippen LogP contribution in [-0.2, 0) is 4.74 Å². The number of aliphatic imine (C=N–C) groups is 1. The number of halogens is 1. The highest BCUT2D eigenvalue weighted by atomic mass is 127. The number of ether oxygens (including phenoxy) is 1. The van der Waals surface area contributed by atoms with Crippen molar-refractivity contribution in [3.8, 4) is 0 Å². The lowest BCUT2D eigenvalue weighted by Gasteiger charge is -2.25. The summed E-state index contributed by atoms with van der Waals surface area (Å²) in [6.07, 6.45) is -0.317. The van der Waals surface area contributed by atoms with Gasteiger partial charge in [-0.15, -0.1) is 24.0 Å². The Bertz CT molecular complexity index is 354. The summed E-state index contributed by atoms with van der Waals surface area (Å²) in [5.74, 6) is 1.27. The van der Waals surface area contributed by atoms with E-state index in [1.54, 1.807) is 19.0 Å². The van der Waals surface area contributed by atoms with Crippen LogP contribution in [0.4, 0.5) is 4.79 Å². The highest BCUT2D eigenvalue weighted by Crippen LogP contribution is 2.08. The molecular formula is C15H33IN4O2. The van der Waals surface area contributed by atoms with Crippen molar-refractivity contribution in [3.63, 3.8) is 0 Å². The zero-order chi connectivity index (χ0) is 16.6. The van der Waals surface area contributed by atoms with Gasteiger partial charge in [0.25, 0.3) is 0 Å². The molecule has 1 atom stereocenters. The van der Waals surface area contributed by atoms with Gasteiger partial charge in [-0.2, -0.15) is 0 Å². The molecule has 0 aromatic rings. The van der Waals surface area contributed by atoms with E-state index in [0.29, 0.717) is 25.0 Å². The number of hydrogen-bond acceptors (Lipinski definition) is 3. The van der Waals surface area contributed by atoms with Crippen molar-refractivity contribution in [2.24, 2.45) is 10.9 Å². The van der Waals surface area contributed by atoms with E-state index in [1.807, 2.05) is 20.8 Å². The SMILES string of the molecule is CN=C(NCCN(C)C(=O)OC(C)(C)C)NC(C)C(C)C.I. The van der Waals surface area contributed by atoms with Gasteiger partial charge in [0.1, 0.15) is 5.60 Å². The highest BCUT2D eigenvalue weighted by molar-refractivity contribution is 14.0. The van der Waals surface area contributed by atoms with Crippen LogP contribution in [0.5, 0.6) is 0 Å². The van der Waals surface area contributed by atoms with Gasteiger partial charge in [0.15, 0.2) is 5.96 Å². The van der Waals surface area contributed by atoms with Gasteiger partial charge in [-0.25, -0.2) is 4.79 Å². The van der Waals surface area contributed by atoms with Crippen LogP contribution in [0.3, 0.4) is 0 Å². The first-order valence-corrected chi connectivity index (χ1v) is 7.48. The summed E-state index contributed by atoms with van der Waals surface area (Å²) < 4.78 is 5.29. The van der Waals surface area contributed by atoms with Crippen LogP contribution in [0.15, 0.2) is 4.99 Å². The van der Waals surface area contributed by atoms with Gasteiger partial charge in [-0.3, -0.25) is 4.99 Å². The molecule has 1 unspecified atom stereocenters. The number of carbonyl (C=O) groups is 1. The molecule has 0 rings (SSSR count). The fourth-order valence-electron chi connectivity index (χ4n) is 1.35. The summed E-state index contributed by atoms with van der Waals surface area (Å²) in [5, 5.41) is 6.50. The molecule has 0 saturated carbocycles. The molecule has 6 nitrogen and oxygen atoms in total. The topological polar surface area (TPSA) is 66.0 Å². The lowest BCUT2D eigenvalue weighted by molar-refractivity contribution is 0.0302. The summed E-state index contributed by atoms with van der Waals surface area (Å²) in [5.41, 5.74) is -0.469. The minimum Gasteiger partial charge on any atom is -0.444 e. The molecule has 0 bridgehead atoms. The number of guanidine groups is 1. The second-order valence-electron chi connectivity index (χ2n) is 6.58. The Hall–Kier alpha value is -0.730. The van der Waals surface area contributed by atoms with Crippen LogP contribution in [0.2, 0.25) is 0 Å². The molecule has 0 fully saturated rings. The Morgan fingerprint density at radius 2 is 1.82 bits per heavy atom. The van der Waals surface area contributed by atoms with Gasteiger partial charge in [0, 0.05) is 33.2 Å². The largest absolute Gasteiger partial charge is 0.444 e. The molecular weight excluding hydrogens is 395 g/mol. The standard InChI is InChI=1S/C15H32N4O2.HI/c1-11(2)12(3)18-13(16-7)17-9-10-19(8)14(20)21-15(4,5)6;/h11-12H,9-10H2,1-8H3,(H2,16,17,18);1H. The molecule has 22 heavy (non-hydrogen) atoms. The molecule has 0 radical (unpaired) electrons. The second-order valence-corrected chi connectivity index (χ2v) is 6.58. The predicted molar refractivity (Wildman–Crippen MR) is 103 cm³/mol. The first-order chi connectivity index (χ1) is 9.56. The fourth-order valence-corrected chi connectivity index (χ4v) is 1.35. The van der Waals surface area contributed by atoms with E-state index < -0.39 is 5.60 Å². The average molecular weight is 428 g/mol. The number of likely N-dealkylation sites (N-methyl/N-ethyl adjacent to an activating group) is 1. The smallest absolute Gasteiger partial charge is 0.410 e. The van der Waals surface area contributed by atoms with E-state index in [1.165, 1.54) is 0 Å². The maximum atomic E-state index is 11.8. The van der Waals surface area contributed by atoms with Crippen molar-refractivity contribution in [2.75, 3.05) is 27.2 Å². The zero-order valence-corrected chi connectivity index (χ0v) is 17.5. The Balaban J connectivity index is 0. The predicted octanol–water partition coefficient (Wildman–Crippen LogP) is 2.68. The van der Waals surface area contributed by atoms with Crippen molar-refractivity contribution < 1.29 is 9.53 Å². The average Bonchev–Trinajstić information content (AvgIpc) is 2.34. The Morgan fingerprint density at radius 1 is 1.27 bits per heavy atom. The van der Waals surface area contributed by atoms with Gasteiger partial charge in [0.2, 0.25) is 0 Å². The molecule has 0 spiro atoms. The number of nitrogens with one attached hydrogen (secondary N) is 2. The molecule has 0 heterocycles. The van der Waals surface area contributed by atoms with E-state index in [2.05, 4.69) is 36.4 Å². The number of nitrogens with zero attached hydrogens (tertiary/aromatic N) is 2. The van der Waals surface area contributed by atoms with E-state index >= 15 is 0 Å².